The number of pyridine rings is 1. The number of carbonyl (C=O) groups is 2. The average molecular weight is 410 g/mol. The fourth-order valence-electron chi connectivity index (χ4n) is 3.91. The summed E-state index contributed by atoms with van der Waals surface area (Å²) in [5.74, 6) is -0.0885. The van der Waals surface area contributed by atoms with Crippen molar-refractivity contribution >= 4 is 28.6 Å². The Labute approximate surface area is 172 Å². The second kappa shape index (κ2) is 7.66. The number of aromatic nitrogens is 3. The molecule has 0 fully saturated rings. The third-order valence-corrected chi connectivity index (χ3v) is 5.21. The number of H-pyrrole nitrogens is 1. The van der Waals surface area contributed by atoms with Crippen molar-refractivity contribution in [2.45, 2.75) is 32.7 Å². The lowest BCUT2D eigenvalue weighted by Gasteiger charge is -2.24. The molecule has 1 aromatic carbocycles. The predicted molar refractivity (Wildman–Crippen MR) is 110 cm³/mol. The Morgan fingerprint density at radius 2 is 2.10 bits per heavy atom. The number of carbonyl (C=O) groups excluding carboxylic acids is 2. The molecule has 4 rings (SSSR count). The molecule has 3 heterocycles. The molecule has 0 aliphatic carbocycles. The van der Waals surface area contributed by atoms with E-state index in [1.807, 2.05) is 6.07 Å². The number of fused-ring (bicyclic) bond motifs is 2. The van der Waals surface area contributed by atoms with Gasteiger partial charge in [0.25, 0.3) is 5.56 Å². The number of amides is 1. The topological polar surface area (TPSA) is 115 Å². The number of aromatic amines is 1. The van der Waals surface area contributed by atoms with Gasteiger partial charge in [-0.2, -0.15) is 5.10 Å². The number of rotatable bonds is 5. The van der Waals surface area contributed by atoms with Gasteiger partial charge in [-0.1, -0.05) is 0 Å². The summed E-state index contributed by atoms with van der Waals surface area (Å²) in [7, 11) is 1.58. The highest BCUT2D eigenvalue weighted by molar-refractivity contribution is 5.95. The lowest BCUT2D eigenvalue weighted by molar-refractivity contribution is -0.144. The molecule has 2 N–H and O–H groups in total. The number of nitrogens with one attached hydrogen (secondary N) is 2. The van der Waals surface area contributed by atoms with Crippen LogP contribution in [0.4, 0.5) is 5.82 Å². The Morgan fingerprint density at radius 3 is 2.83 bits per heavy atom. The lowest BCUT2D eigenvalue weighted by atomic mass is 9.86. The van der Waals surface area contributed by atoms with Crippen molar-refractivity contribution in [3.63, 3.8) is 0 Å². The van der Waals surface area contributed by atoms with Crippen molar-refractivity contribution in [2.24, 2.45) is 0 Å². The first-order valence-corrected chi connectivity index (χ1v) is 9.65. The molecule has 1 amide bonds. The third-order valence-electron chi connectivity index (χ3n) is 5.21. The van der Waals surface area contributed by atoms with E-state index in [-0.39, 0.29) is 31.0 Å². The van der Waals surface area contributed by atoms with Crippen LogP contribution in [0.3, 0.4) is 0 Å². The number of benzene rings is 1. The number of esters is 1. The van der Waals surface area contributed by atoms with Gasteiger partial charge in [0.05, 0.1) is 19.4 Å². The SMILES string of the molecule is CCOC(=O)Cn1nc(C)c2c1NC(=O)C[C@H]2c1cc2cc(OC)ccc2[nH]c1=O. The molecule has 0 saturated heterocycles. The number of methoxy groups -OCH3 is 1. The van der Waals surface area contributed by atoms with Crippen molar-refractivity contribution in [1.82, 2.24) is 14.8 Å². The third kappa shape index (κ3) is 3.42. The van der Waals surface area contributed by atoms with Gasteiger partial charge in [-0.15, -0.1) is 0 Å². The van der Waals surface area contributed by atoms with Crippen molar-refractivity contribution in [1.29, 1.82) is 0 Å². The van der Waals surface area contributed by atoms with E-state index in [0.29, 0.717) is 28.3 Å². The van der Waals surface area contributed by atoms with E-state index in [1.165, 1.54) is 4.68 Å². The minimum Gasteiger partial charge on any atom is -0.497 e. The Hall–Kier alpha value is -3.62. The monoisotopic (exact) mass is 410 g/mol. The van der Waals surface area contributed by atoms with Crippen molar-refractivity contribution in [3.8, 4) is 5.75 Å². The Morgan fingerprint density at radius 1 is 1.30 bits per heavy atom. The summed E-state index contributed by atoms with van der Waals surface area (Å²) < 4.78 is 11.7. The van der Waals surface area contributed by atoms with Crippen LogP contribution in [-0.2, 0) is 20.9 Å². The molecule has 9 nitrogen and oxygen atoms in total. The average Bonchev–Trinajstić information content (AvgIpc) is 3.01. The van der Waals surface area contributed by atoms with Gasteiger partial charge in [-0.05, 0) is 38.1 Å². The molecule has 0 radical (unpaired) electrons. The number of nitrogens with zero attached hydrogens (tertiary/aromatic N) is 2. The molecule has 0 unspecified atom stereocenters. The quantitative estimate of drug-likeness (QED) is 0.622. The summed E-state index contributed by atoms with van der Waals surface area (Å²) in [4.78, 5) is 40.1. The zero-order chi connectivity index (χ0) is 21.4. The van der Waals surface area contributed by atoms with E-state index in [2.05, 4.69) is 15.4 Å². The van der Waals surface area contributed by atoms with E-state index in [9.17, 15) is 14.4 Å². The maximum atomic E-state index is 12.9. The Kier molecular flexibility index (Phi) is 5.03. The van der Waals surface area contributed by atoms with Crippen LogP contribution in [-0.4, -0.2) is 40.4 Å². The van der Waals surface area contributed by atoms with Crippen molar-refractivity contribution < 1.29 is 19.1 Å². The number of anilines is 1. The van der Waals surface area contributed by atoms with Gasteiger partial charge >= 0.3 is 5.97 Å². The second-order valence-electron chi connectivity index (χ2n) is 7.12. The number of hydrogen-bond donors (Lipinski definition) is 2. The maximum Gasteiger partial charge on any atom is 0.327 e. The summed E-state index contributed by atoms with van der Waals surface area (Å²) in [6, 6.07) is 7.16. The van der Waals surface area contributed by atoms with Crippen LogP contribution < -0.4 is 15.6 Å². The fourth-order valence-corrected chi connectivity index (χ4v) is 3.91. The van der Waals surface area contributed by atoms with E-state index in [1.54, 1.807) is 39.2 Å². The second-order valence-corrected chi connectivity index (χ2v) is 7.12. The summed E-state index contributed by atoms with van der Waals surface area (Å²) in [5.41, 5.74) is 2.25. The predicted octanol–water partition coefficient (Wildman–Crippen LogP) is 2.08. The Bertz CT molecular complexity index is 1210. The highest BCUT2D eigenvalue weighted by Gasteiger charge is 2.34. The number of hydrogen-bond acceptors (Lipinski definition) is 6. The molecular formula is C21H22N4O5. The zero-order valence-corrected chi connectivity index (χ0v) is 16.9. The molecule has 156 valence electrons. The summed E-state index contributed by atoms with van der Waals surface area (Å²) >= 11 is 0. The van der Waals surface area contributed by atoms with E-state index >= 15 is 0 Å². The van der Waals surface area contributed by atoms with Gasteiger partial charge in [0.1, 0.15) is 18.1 Å². The van der Waals surface area contributed by atoms with Gasteiger partial charge in [-0.25, -0.2) is 4.68 Å². The minimum atomic E-state index is -0.482. The summed E-state index contributed by atoms with van der Waals surface area (Å²) in [5, 5.41) is 8.00. The fraction of sp³-hybridized carbons (Fsp3) is 0.333. The highest BCUT2D eigenvalue weighted by Crippen LogP contribution is 2.38. The van der Waals surface area contributed by atoms with Crippen LogP contribution >= 0.6 is 0 Å². The molecule has 1 aliphatic rings. The summed E-state index contributed by atoms with van der Waals surface area (Å²) in [6.45, 7) is 3.65. The molecule has 9 heteroatoms. The van der Waals surface area contributed by atoms with E-state index < -0.39 is 11.9 Å². The van der Waals surface area contributed by atoms with Gasteiger partial charge in [0, 0.05) is 34.4 Å². The molecule has 1 aliphatic heterocycles. The molecule has 2 aromatic heterocycles. The molecule has 30 heavy (non-hydrogen) atoms. The smallest absolute Gasteiger partial charge is 0.327 e. The minimum absolute atomic E-state index is 0.109. The summed E-state index contributed by atoms with van der Waals surface area (Å²) in [6.07, 6.45) is 0.109. The highest BCUT2D eigenvalue weighted by atomic mass is 16.5. The molecule has 1 atom stereocenters. The zero-order valence-electron chi connectivity index (χ0n) is 16.9. The largest absolute Gasteiger partial charge is 0.497 e. The van der Waals surface area contributed by atoms with Gasteiger partial charge < -0.3 is 19.8 Å². The molecule has 0 bridgehead atoms. The van der Waals surface area contributed by atoms with E-state index in [0.717, 1.165) is 10.9 Å². The van der Waals surface area contributed by atoms with E-state index in [4.69, 9.17) is 9.47 Å². The number of ether oxygens (including phenoxy) is 2. The van der Waals surface area contributed by atoms with Crippen LogP contribution in [0.15, 0.2) is 29.1 Å². The van der Waals surface area contributed by atoms with Gasteiger partial charge in [0.2, 0.25) is 5.91 Å². The van der Waals surface area contributed by atoms with Crippen LogP contribution in [0.2, 0.25) is 0 Å². The first kappa shape index (κ1) is 19.7. The number of aryl methyl sites for hydroxylation is 1. The normalized spacial score (nSPS) is 15.6. The van der Waals surface area contributed by atoms with Crippen LogP contribution in [0.1, 0.15) is 36.1 Å². The molecule has 3 aromatic rings. The van der Waals surface area contributed by atoms with Gasteiger partial charge in [0.15, 0.2) is 0 Å². The molecular weight excluding hydrogens is 388 g/mol. The van der Waals surface area contributed by atoms with Gasteiger partial charge in [-0.3, -0.25) is 14.4 Å². The van der Waals surface area contributed by atoms with Crippen LogP contribution in [0.25, 0.3) is 10.9 Å². The van der Waals surface area contributed by atoms with Crippen molar-refractivity contribution in [3.05, 3.63) is 51.4 Å². The standard InChI is InChI=1S/C21H22N4O5/c1-4-30-18(27)10-25-20-19(11(2)24-25)14(9-17(26)23-20)15-8-12-7-13(29-3)5-6-16(12)22-21(15)28/h5-8,14H,4,9-10H2,1-3H3,(H,22,28)(H,23,26)/t14-/m0/s1. The lowest BCUT2D eigenvalue weighted by Crippen LogP contribution is -2.29. The molecule has 0 spiro atoms. The Balaban J connectivity index is 1.83. The molecule has 0 saturated carbocycles. The maximum absolute atomic E-state index is 12.9. The first-order chi connectivity index (χ1) is 14.4. The van der Waals surface area contributed by atoms with Crippen LogP contribution in [0.5, 0.6) is 5.75 Å². The van der Waals surface area contributed by atoms with Crippen molar-refractivity contribution in [2.75, 3.05) is 19.0 Å². The van der Waals surface area contributed by atoms with Crippen LogP contribution in [0, 0.1) is 6.92 Å². The first-order valence-electron chi connectivity index (χ1n) is 9.65.